The maximum Gasteiger partial charge on any atom is 0.339 e. The van der Waals surface area contributed by atoms with E-state index in [1.165, 1.54) is 25.6 Å². The number of aryl methyl sites for hydroxylation is 2. The van der Waals surface area contributed by atoms with Crippen LogP contribution in [0.4, 0.5) is 15.9 Å². The number of halogens is 1. The van der Waals surface area contributed by atoms with Crippen LogP contribution in [0.1, 0.15) is 21.5 Å². The highest BCUT2D eigenvalue weighted by molar-refractivity contribution is 5.95. The van der Waals surface area contributed by atoms with Gasteiger partial charge in [-0.25, -0.2) is 18.7 Å². The fourth-order valence-electron chi connectivity index (χ4n) is 2.46. The summed E-state index contributed by atoms with van der Waals surface area (Å²) in [6.45, 7) is 3.60. The number of hydrogen-bond acceptors (Lipinski definition) is 5. The first-order chi connectivity index (χ1) is 11.0. The molecular weight excluding hydrogens is 299 g/mol. The summed E-state index contributed by atoms with van der Waals surface area (Å²) in [7, 11) is 1.33. The summed E-state index contributed by atoms with van der Waals surface area (Å²) in [4.78, 5) is 16.1. The monoisotopic (exact) mass is 314 g/mol. The summed E-state index contributed by atoms with van der Waals surface area (Å²) in [5.74, 6) is -0.202. The smallest absolute Gasteiger partial charge is 0.339 e. The molecule has 0 aliphatic carbocycles. The number of carbonyl (C=O) groups excluding carboxylic acids is 1. The van der Waals surface area contributed by atoms with E-state index in [0.29, 0.717) is 22.5 Å². The van der Waals surface area contributed by atoms with E-state index in [2.05, 4.69) is 15.4 Å². The van der Waals surface area contributed by atoms with Crippen LogP contribution in [0.2, 0.25) is 0 Å². The van der Waals surface area contributed by atoms with Crippen LogP contribution < -0.4 is 5.32 Å². The molecule has 2 heterocycles. The molecule has 1 aromatic carbocycles. The third kappa shape index (κ3) is 2.61. The van der Waals surface area contributed by atoms with Gasteiger partial charge in [-0.2, -0.15) is 5.10 Å². The number of carbonyl (C=O) groups is 1. The van der Waals surface area contributed by atoms with Gasteiger partial charge in [0.25, 0.3) is 0 Å². The summed E-state index contributed by atoms with van der Waals surface area (Å²) in [5.41, 5.74) is 3.27. The van der Waals surface area contributed by atoms with Crippen molar-refractivity contribution in [2.24, 2.45) is 0 Å². The van der Waals surface area contributed by atoms with E-state index < -0.39 is 5.97 Å². The second-order valence-corrected chi connectivity index (χ2v) is 5.15. The average Bonchev–Trinajstić information content (AvgIpc) is 2.87. The molecule has 0 aliphatic rings. The van der Waals surface area contributed by atoms with Crippen LogP contribution in [-0.4, -0.2) is 27.7 Å². The van der Waals surface area contributed by atoms with Crippen LogP contribution in [0.5, 0.6) is 0 Å². The Morgan fingerprint density at radius 3 is 2.83 bits per heavy atom. The molecule has 6 nitrogen and oxygen atoms in total. The number of nitrogens with zero attached hydrogens (tertiary/aromatic N) is 3. The molecule has 0 amide bonds. The van der Waals surface area contributed by atoms with E-state index in [0.717, 1.165) is 11.3 Å². The third-order valence-electron chi connectivity index (χ3n) is 3.67. The molecule has 0 aliphatic heterocycles. The normalized spacial score (nSPS) is 10.8. The van der Waals surface area contributed by atoms with E-state index in [-0.39, 0.29) is 5.82 Å². The molecule has 118 valence electrons. The summed E-state index contributed by atoms with van der Waals surface area (Å²) >= 11 is 0. The van der Waals surface area contributed by atoms with Gasteiger partial charge < -0.3 is 10.1 Å². The molecule has 0 radical (unpaired) electrons. The zero-order valence-corrected chi connectivity index (χ0v) is 12.9. The van der Waals surface area contributed by atoms with Crippen LogP contribution in [0.3, 0.4) is 0 Å². The lowest BCUT2D eigenvalue weighted by Crippen LogP contribution is -2.02. The molecule has 23 heavy (non-hydrogen) atoms. The minimum atomic E-state index is -0.433. The summed E-state index contributed by atoms with van der Waals surface area (Å²) in [6.07, 6.45) is 2.98. The number of benzene rings is 1. The Labute approximate surface area is 131 Å². The Hall–Kier alpha value is -2.96. The number of ether oxygens (including phenoxy) is 1. The Morgan fingerprint density at radius 2 is 2.13 bits per heavy atom. The van der Waals surface area contributed by atoms with Gasteiger partial charge in [0.2, 0.25) is 0 Å². The lowest BCUT2D eigenvalue weighted by Gasteiger charge is -2.10. The van der Waals surface area contributed by atoms with Crippen molar-refractivity contribution in [2.75, 3.05) is 12.4 Å². The zero-order chi connectivity index (χ0) is 16.6. The first kappa shape index (κ1) is 15.0. The maximum absolute atomic E-state index is 13.2. The van der Waals surface area contributed by atoms with E-state index in [4.69, 9.17) is 4.74 Å². The molecule has 3 aromatic rings. The first-order valence-electron chi connectivity index (χ1n) is 6.95. The van der Waals surface area contributed by atoms with Crippen molar-refractivity contribution in [3.05, 3.63) is 53.2 Å². The summed E-state index contributed by atoms with van der Waals surface area (Å²) in [6, 6.07) is 4.45. The lowest BCUT2D eigenvalue weighted by molar-refractivity contribution is 0.0600. The van der Waals surface area contributed by atoms with Gasteiger partial charge >= 0.3 is 5.97 Å². The van der Waals surface area contributed by atoms with Gasteiger partial charge in [0.1, 0.15) is 17.7 Å². The topological polar surface area (TPSA) is 68.5 Å². The molecule has 0 saturated heterocycles. The highest BCUT2D eigenvalue weighted by Gasteiger charge is 2.18. The number of methoxy groups -OCH3 is 1. The number of esters is 1. The predicted molar refractivity (Wildman–Crippen MR) is 83.5 cm³/mol. The SMILES string of the molecule is COC(=O)c1cn2ncnc(Nc3ccc(F)cc3C)c2c1C. The Bertz CT molecular complexity index is 904. The Kier molecular flexibility index (Phi) is 3.69. The summed E-state index contributed by atoms with van der Waals surface area (Å²) in [5, 5.41) is 7.28. The Morgan fingerprint density at radius 1 is 1.35 bits per heavy atom. The van der Waals surface area contributed by atoms with E-state index in [9.17, 15) is 9.18 Å². The molecule has 7 heteroatoms. The number of aromatic nitrogens is 3. The number of anilines is 2. The molecule has 0 fully saturated rings. The molecule has 3 rings (SSSR count). The van der Waals surface area contributed by atoms with Crippen molar-refractivity contribution in [3.8, 4) is 0 Å². The van der Waals surface area contributed by atoms with Crippen molar-refractivity contribution < 1.29 is 13.9 Å². The molecule has 0 atom stereocenters. The van der Waals surface area contributed by atoms with Crippen LogP contribution >= 0.6 is 0 Å². The van der Waals surface area contributed by atoms with Gasteiger partial charge in [-0.15, -0.1) is 0 Å². The summed E-state index contributed by atoms with van der Waals surface area (Å²) < 4.78 is 19.6. The first-order valence-corrected chi connectivity index (χ1v) is 6.95. The molecular formula is C16H15FN4O2. The number of fused-ring (bicyclic) bond motifs is 1. The fourth-order valence-corrected chi connectivity index (χ4v) is 2.46. The second kappa shape index (κ2) is 5.68. The van der Waals surface area contributed by atoms with E-state index in [1.807, 2.05) is 0 Å². The number of nitrogens with one attached hydrogen (secondary N) is 1. The van der Waals surface area contributed by atoms with Crippen molar-refractivity contribution in [1.29, 1.82) is 0 Å². The maximum atomic E-state index is 13.2. The Balaban J connectivity index is 2.11. The van der Waals surface area contributed by atoms with Gasteiger partial charge in [-0.05, 0) is 43.2 Å². The molecule has 0 saturated carbocycles. The minimum absolute atomic E-state index is 0.298. The lowest BCUT2D eigenvalue weighted by atomic mass is 10.1. The van der Waals surface area contributed by atoms with Crippen molar-refractivity contribution in [2.45, 2.75) is 13.8 Å². The van der Waals surface area contributed by atoms with Gasteiger partial charge in [0.05, 0.1) is 12.7 Å². The van der Waals surface area contributed by atoms with Crippen molar-refractivity contribution in [1.82, 2.24) is 14.6 Å². The van der Waals surface area contributed by atoms with Gasteiger partial charge in [-0.1, -0.05) is 0 Å². The fraction of sp³-hybridized carbons (Fsp3) is 0.188. The van der Waals surface area contributed by atoms with E-state index >= 15 is 0 Å². The highest BCUT2D eigenvalue weighted by atomic mass is 19.1. The minimum Gasteiger partial charge on any atom is -0.465 e. The highest BCUT2D eigenvalue weighted by Crippen LogP contribution is 2.27. The second-order valence-electron chi connectivity index (χ2n) is 5.15. The van der Waals surface area contributed by atoms with Gasteiger partial charge in [-0.3, -0.25) is 0 Å². The number of hydrogen-bond donors (Lipinski definition) is 1. The van der Waals surface area contributed by atoms with E-state index in [1.54, 1.807) is 30.6 Å². The average molecular weight is 314 g/mol. The molecule has 0 bridgehead atoms. The van der Waals surface area contributed by atoms with Crippen molar-refractivity contribution >= 4 is 23.0 Å². The van der Waals surface area contributed by atoms with Crippen LogP contribution in [0, 0.1) is 19.7 Å². The standard InChI is InChI=1S/C16H15FN4O2/c1-9-6-11(17)4-5-13(9)20-15-14-10(2)12(16(22)23-3)7-21(14)19-8-18-15/h4-8H,1-3H3,(H,18,19,20). The zero-order valence-electron chi connectivity index (χ0n) is 12.9. The molecule has 0 spiro atoms. The van der Waals surface area contributed by atoms with Gasteiger partial charge in [0.15, 0.2) is 5.82 Å². The molecule has 2 aromatic heterocycles. The molecule has 0 unspecified atom stereocenters. The van der Waals surface area contributed by atoms with Crippen molar-refractivity contribution in [3.63, 3.8) is 0 Å². The van der Waals surface area contributed by atoms with Crippen LogP contribution in [0.15, 0.2) is 30.7 Å². The quantitative estimate of drug-likeness (QED) is 0.753. The third-order valence-corrected chi connectivity index (χ3v) is 3.67. The van der Waals surface area contributed by atoms with Crippen LogP contribution in [0.25, 0.3) is 5.52 Å². The number of rotatable bonds is 3. The largest absolute Gasteiger partial charge is 0.465 e. The van der Waals surface area contributed by atoms with Crippen LogP contribution in [-0.2, 0) is 4.74 Å². The molecule has 1 N–H and O–H groups in total. The van der Waals surface area contributed by atoms with Gasteiger partial charge in [0, 0.05) is 11.9 Å². The predicted octanol–water partition coefficient (Wildman–Crippen LogP) is 3.02.